The number of hydrogen-bond acceptors (Lipinski definition) is 3. The molecule has 1 heterocycles. The Bertz CT molecular complexity index is 453. The van der Waals surface area contributed by atoms with Crippen molar-refractivity contribution >= 4 is 11.5 Å². The highest BCUT2D eigenvalue weighted by molar-refractivity contribution is 5.81. The van der Waals surface area contributed by atoms with Crippen LogP contribution in [-0.4, -0.2) is 25.5 Å². The molecule has 0 unspecified atom stereocenters. The topological polar surface area (TPSA) is 29.5 Å². The molecule has 0 radical (unpaired) electrons. The predicted octanol–water partition coefficient (Wildman–Crippen LogP) is 2.53. The number of piperidine rings is 1. The van der Waals surface area contributed by atoms with Gasteiger partial charge in [0.15, 0.2) is 11.6 Å². The first-order valence-corrected chi connectivity index (χ1v) is 6.00. The van der Waals surface area contributed by atoms with Gasteiger partial charge in [-0.3, -0.25) is 4.79 Å². The molecule has 5 heteroatoms. The summed E-state index contributed by atoms with van der Waals surface area (Å²) in [5.41, 5.74) is 0.298. The Morgan fingerprint density at radius 3 is 2.50 bits per heavy atom. The molecule has 0 bridgehead atoms. The average Bonchev–Trinajstić information content (AvgIpc) is 2.34. The number of carbonyl (C=O) groups is 1. The fourth-order valence-electron chi connectivity index (χ4n) is 2.02. The van der Waals surface area contributed by atoms with Gasteiger partial charge in [0.2, 0.25) is 0 Å². The first-order chi connectivity index (χ1) is 8.61. The van der Waals surface area contributed by atoms with Crippen molar-refractivity contribution < 1.29 is 18.3 Å². The van der Waals surface area contributed by atoms with E-state index in [4.69, 9.17) is 4.74 Å². The zero-order valence-electron chi connectivity index (χ0n) is 10.2. The minimum Gasteiger partial charge on any atom is -0.491 e. The molecule has 1 aliphatic rings. The van der Waals surface area contributed by atoms with Gasteiger partial charge in [-0.2, -0.15) is 0 Å². The van der Waals surface area contributed by atoms with E-state index in [1.54, 1.807) is 11.8 Å². The number of hydrogen-bond donors (Lipinski definition) is 0. The molecule has 3 nitrogen and oxygen atoms in total. The van der Waals surface area contributed by atoms with Gasteiger partial charge in [-0.05, 0) is 6.92 Å². The standard InChI is InChI=1S/C13H15F2NO2/c1-2-18-13-8-12(10(14)7-11(13)15)16-5-3-9(17)4-6-16/h7-8H,2-6H2,1H3. The van der Waals surface area contributed by atoms with Crippen molar-refractivity contribution in [3.63, 3.8) is 0 Å². The van der Waals surface area contributed by atoms with Crippen LogP contribution >= 0.6 is 0 Å². The predicted molar refractivity (Wildman–Crippen MR) is 64.0 cm³/mol. The number of carbonyl (C=O) groups excluding carboxylic acids is 1. The molecule has 98 valence electrons. The van der Waals surface area contributed by atoms with Gasteiger partial charge in [-0.15, -0.1) is 0 Å². The number of rotatable bonds is 3. The molecule has 18 heavy (non-hydrogen) atoms. The van der Waals surface area contributed by atoms with Gasteiger partial charge in [0.25, 0.3) is 0 Å². The first kappa shape index (κ1) is 12.8. The summed E-state index contributed by atoms with van der Waals surface area (Å²) >= 11 is 0. The maximum atomic E-state index is 13.7. The highest BCUT2D eigenvalue weighted by Crippen LogP contribution is 2.29. The van der Waals surface area contributed by atoms with Crippen molar-refractivity contribution in [1.82, 2.24) is 0 Å². The van der Waals surface area contributed by atoms with E-state index in [0.29, 0.717) is 38.2 Å². The number of nitrogens with zero attached hydrogens (tertiary/aromatic N) is 1. The molecule has 0 N–H and O–H groups in total. The molecule has 0 atom stereocenters. The van der Waals surface area contributed by atoms with Crippen LogP contribution in [0, 0.1) is 11.6 Å². The van der Waals surface area contributed by atoms with E-state index in [1.165, 1.54) is 6.07 Å². The molecular formula is C13H15F2NO2. The highest BCUT2D eigenvalue weighted by Gasteiger charge is 2.21. The molecule has 0 amide bonds. The van der Waals surface area contributed by atoms with Gasteiger partial charge in [0.05, 0.1) is 12.3 Å². The Morgan fingerprint density at radius 2 is 1.89 bits per heavy atom. The third-order valence-corrected chi connectivity index (χ3v) is 2.96. The van der Waals surface area contributed by atoms with Crippen LogP contribution in [0.25, 0.3) is 0 Å². The van der Waals surface area contributed by atoms with Crippen LogP contribution in [-0.2, 0) is 4.79 Å². The van der Waals surface area contributed by atoms with Crippen LogP contribution < -0.4 is 9.64 Å². The molecule has 1 aromatic carbocycles. The Hall–Kier alpha value is -1.65. The van der Waals surface area contributed by atoms with Gasteiger partial charge >= 0.3 is 0 Å². The Balaban J connectivity index is 2.26. The molecule has 0 aromatic heterocycles. The van der Waals surface area contributed by atoms with Crippen molar-refractivity contribution in [3.05, 3.63) is 23.8 Å². The molecule has 1 saturated heterocycles. The second-order valence-electron chi connectivity index (χ2n) is 4.19. The monoisotopic (exact) mass is 255 g/mol. The average molecular weight is 255 g/mol. The quantitative estimate of drug-likeness (QED) is 0.831. The van der Waals surface area contributed by atoms with E-state index in [2.05, 4.69) is 0 Å². The zero-order valence-corrected chi connectivity index (χ0v) is 10.2. The van der Waals surface area contributed by atoms with Crippen LogP contribution in [0.2, 0.25) is 0 Å². The second-order valence-corrected chi connectivity index (χ2v) is 4.19. The molecule has 1 aromatic rings. The molecule has 2 rings (SSSR count). The summed E-state index contributed by atoms with van der Waals surface area (Å²) in [4.78, 5) is 12.9. The SMILES string of the molecule is CCOc1cc(N2CCC(=O)CC2)c(F)cc1F. The van der Waals surface area contributed by atoms with Crippen LogP contribution in [0.5, 0.6) is 5.75 Å². The molecular weight excluding hydrogens is 240 g/mol. The fourth-order valence-corrected chi connectivity index (χ4v) is 2.02. The van der Waals surface area contributed by atoms with Gasteiger partial charge in [0.1, 0.15) is 11.6 Å². The van der Waals surface area contributed by atoms with E-state index in [0.717, 1.165) is 6.07 Å². The van der Waals surface area contributed by atoms with Crippen LogP contribution in [0.4, 0.5) is 14.5 Å². The fraction of sp³-hybridized carbons (Fsp3) is 0.462. The lowest BCUT2D eigenvalue weighted by Crippen LogP contribution is -2.34. The van der Waals surface area contributed by atoms with Crippen molar-refractivity contribution in [2.75, 3.05) is 24.6 Å². The minimum absolute atomic E-state index is 0.0470. The van der Waals surface area contributed by atoms with E-state index in [9.17, 15) is 13.6 Å². The summed E-state index contributed by atoms with van der Waals surface area (Å²) in [6.07, 6.45) is 0.807. The first-order valence-electron chi connectivity index (χ1n) is 6.00. The molecule has 0 aliphatic carbocycles. The maximum Gasteiger partial charge on any atom is 0.168 e. The van der Waals surface area contributed by atoms with Crippen LogP contribution in [0.3, 0.4) is 0 Å². The van der Waals surface area contributed by atoms with Crippen molar-refractivity contribution in [2.24, 2.45) is 0 Å². The maximum absolute atomic E-state index is 13.7. The van der Waals surface area contributed by atoms with E-state index >= 15 is 0 Å². The summed E-state index contributed by atoms with van der Waals surface area (Å²) < 4.78 is 32.2. The Kier molecular flexibility index (Phi) is 3.79. The van der Waals surface area contributed by atoms with E-state index in [-0.39, 0.29) is 11.5 Å². The van der Waals surface area contributed by atoms with Crippen molar-refractivity contribution in [1.29, 1.82) is 0 Å². The van der Waals surface area contributed by atoms with Crippen molar-refractivity contribution in [3.8, 4) is 5.75 Å². The van der Waals surface area contributed by atoms with E-state index in [1.807, 2.05) is 0 Å². The normalized spacial score (nSPS) is 15.9. The third kappa shape index (κ3) is 2.60. The number of ketones is 1. The third-order valence-electron chi connectivity index (χ3n) is 2.96. The van der Waals surface area contributed by atoms with Crippen LogP contribution in [0.1, 0.15) is 19.8 Å². The summed E-state index contributed by atoms with van der Waals surface area (Å²) in [6, 6.07) is 2.20. The zero-order chi connectivity index (χ0) is 13.1. The lowest BCUT2D eigenvalue weighted by Gasteiger charge is -2.28. The minimum atomic E-state index is -0.703. The number of benzene rings is 1. The number of halogens is 2. The molecule has 1 fully saturated rings. The highest BCUT2D eigenvalue weighted by atomic mass is 19.1. The van der Waals surface area contributed by atoms with Gasteiger partial charge < -0.3 is 9.64 Å². The van der Waals surface area contributed by atoms with E-state index < -0.39 is 11.6 Å². The number of anilines is 1. The summed E-state index contributed by atoms with van der Waals surface area (Å²) in [5.74, 6) is -1.10. The Morgan fingerprint density at radius 1 is 1.22 bits per heavy atom. The number of ether oxygens (including phenoxy) is 1. The van der Waals surface area contributed by atoms with Gasteiger partial charge in [-0.25, -0.2) is 8.78 Å². The smallest absolute Gasteiger partial charge is 0.168 e. The number of Topliss-reactive ketones (excluding diaryl/α,β-unsaturated/α-hetero) is 1. The lowest BCUT2D eigenvalue weighted by molar-refractivity contribution is -0.119. The summed E-state index contributed by atoms with van der Waals surface area (Å²) in [6.45, 7) is 2.99. The van der Waals surface area contributed by atoms with Crippen LogP contribution in [0.15, 0.2) is 12.1 Å². The lowest BCUT2D eigenvalue weighted by atomic mass is 10.1. The van der Waals surface area contributed by atoms with Crippen molar-refractivity contribution in [2.45, 2.75) is 19.8 Å². The largest absolute Gasteiger partial charge is 0.491 e. The van der Waals surface area contributed by atoms with Gasteiger partial charge in [0, 0.05) is 38.1 Å². The summed E-state index contributed by atoms with van der Waals surface area (Å²) in [5, 5.41) is 0. The van der Waals surface area contributed by atoms with Gasteiger partial charge in [-0.1, -0.05) is 0 Å². The second kappa shape index (κ2) is 5.33. The molecule has 0 spiro atoms. The Labute approximate surface area is 104 Å². The summed E-state index contributed by atoms with van der Waals surface area (Å²) in [7, 11) is 0. The molecule has 0 saturated carbocycles. The molecule has 1 aliphatic heterocycles.